The minimum absolute atomic E-state index is 0.627. The summed E-state index contributed by atoms with van der Waals surface area (Å²) in [6.45, 7) is 9.92. The molecule has 0 spiro atoms. The van der Waals surface area contributed by atoms with Crippen molar-refractivity contribution in [2.45, 2.75) is 33.2 Å². The van der Waals surface area contributed by atoms with Gasteiger partial charge in [-0.1, -0.05) is 13.3 Å². The van der Waals surface area contributed by atoms with Crippen molar-refractivity contribution >= 4 is 11.3 Å². The summed E-state index contributed by atoms with van der Waals surface area (Å²) in [4.78, 5) is 4.39. The van der Waals surface area contributed by atoms with Crippen LogP contribution in [0.2, 0.25) is 0 Å². The van der Waals surface area contributed by atoms with E-state index in [4.69, 9.17) is 14.2 Å². The van der Waals surface area contributed by atoms with Gasteiger partial charge in [-0.15, -0.1) is 11.3 Å². The van der Waals surface area contributed by atoms with Crippen LogP contribution in [-0.2, 0) is 20.8 Å². The summed E-state index contributed by atoms with van der Waals surface area (Å²) in [5.74, 6) is 0. The zero-order valence-corrected chi connectivity index (χ0v) is 14.0. The molecule has 0 bridgehead atoms. The fraction of sp³-hybridized carbons (Fsp3) is 0.800. The van der Waals surface area contributed by atoms with Crippen molar-refractivity contribution < 1.29 is 14.2 Å². The van der Waals surface area contributed by atoms with Crippen molar-refractivity contribution in [3.05, 3.63) is 16.1 Å². The maximum atomic E-state index is 5.48. The summed E-state index contributed by atoms with van der Waals surface area (Å²) in [6.07, 6.45) is 2.29. The molecule has 1 aromatic rings. The van der Waals surface area contributed by atoms with Crippen LogP contribution < -0.4 is 5.32 Å². The third-order valence-electron chi connectivity index (χ3n) is 2.78. The second-order valence-corrected chi connectivity index (χ2v) is 5.79. The van der Waals surface area contributed by atoms with Gasteiger partial charge in [-0.05, 0) is 13.3 Å². The molecule has 0 aliphatic heterocycles. The van der Waals surface area contributed by atoms with Gasteiger partial charge in [0.25, 0.3) is 0 Å². The average molecular weight is 316 g/mol. The fourth-order valence-electron chi connectivity index (χ4n) is 1.64. The highest BCUT2D eigenvalue weighted by atomic mass is 32.1. The number of rotatable bonds is 14. The van der Waals surface area contributed by atoms with Gasteiger partial charge in [0.1, 0.15) is 0 Å². The van der Waals surface area contributed by atoms with E-state index in [1.807, 2.05) is 6.92 Å². The van der Waals surface area contributed by atoms with Crippen LogP contribution in [0, 0.1) is 6.92 Å². The molecule has 6 heteroatoms. The Morgan fingerprint density at radius 1 is 1.05 bits per heavy atom. The molecule has 1 rings (SSSR count). The first kappa shape index (κ1) is 18.5. The molecule has 122 valence electrons. The first-order valence-corrected chi connectivity index (χ1v) is 8.56. The van der Waals surface area contributed by atoms with Crippen molar-refractivity contribution in [3.8, 4) is 0 Å². The van der Waals surface area contributed by atoms with Gasteiger partial charge in [0.2, 0.25) is 0 Å². The van der Waals surface area contributed by atoms with Gasteiger partial charge in [0.05, 0.1) is 43.7 Å². The van der Waals surface area contributed by atoms with Gasteiger partial charge in [0, 0.05) is 25.1 Å². The van der Waals surface area contributed by atoms with Crippen LogP contribution in [0.4, 0.5) is 0 Å². The van der Waals surface area contributed by atoms with E-state index in [0.29, 0.717) is 33.0 Å². The van der Waals surface area contributed by atoms with Crippen LogP contribution >= 0.6 is 11.3 Å². The summed E-state index contributed by atoms with van der Waals surface area (Å²) in [7, 11) is 0. The van der Waals surface area contributed by atoms with Crippen molar-refractivity contribution in [1.82, 2.24) is 10.3 Å². The van der Waals surface area contributed by atoms with E-state index in [1.165, 1.54) is 6.42 Å². The Morgan fingerprint density at radius 2 is 1.71 bits per heavy atom. The normalized spacial score (nSPS) is 11.1. The van der Waals surface area contributed by atoms with Crippen LogP contribution in [0.1, 0.15) is 30.5 Å². The first-order chi connectivity index (χ1) is 10.3. The lowest BCUT2D eigenvalue weighted by Crippen LogP contribution is -2.20. The lowest BCUT2D eigenvalue weighted by Gasteiger charge is -2.07. The molecular weight excluding hydrogens is 288 g/mol. The highest BCUT2D eigenvalue weighted by Crippen LogP contribution is 2.06. The zero-order chi connectivity index (χ0) is 15.2. The number of hydrogen-bond donors (Lipinski definition) is 1. The van der Waals surface area contributed by atoms with Crippen molar-refractivity contribution in [2.75, 3.05) is 46.2 Å². The Labute approximate surface area is 132 Å². The zero-order valence-electron chi connectivity index (χ0n) is 13.2. The minimum Gasteiger partial charge on any atom is -0.379 e. The molecular formula is C15H28N2O3S. The number of nitrogens with one attached hydrogen (secondary N) is 1. The van der Waals surface area contributed by atoms with Gasteiger partial charge < -0.3 is 19.5 Å². The number of aryl methyl sites for hydroxylation is 1. The Kier molecular flexibility index (Phi) is 11.6. The molecule has 5 nitrogen and oxygen atoms in total. The molecule has 0 fully saturated rings. The molecule has 0 saturated heterocycles. The van der Waals surface area contributed by atoms with Crippen molar-refractivity contribution in [1.29, 1.82) is 0 Å². The number of ether oxygens (including phenoxy) is 3. The molecule has 0 amide bonds. The molecule has 1 heterocycles. The lowest BCUT2D eigenvalue weighted by molar-refractivity contribution is 0.0146. The summed E-state index contributed by atoms with van der Waals surface area (Å²) in [5, 5.41) is 6.50. The summed E-state index contributed by atoms with van der Waals surface area (Å²) in [6, 6.07) is 0. The van der Waals surface area contributed by atoms with Gasteiger partial charge in [-0.25, -0.2) is 4.98 Å². The van der Waals surface area contributed by atoms with E-state index in [-0.39, 0.29) is 0 Å². The summed E-state index contributed by atoms with van der Waals surface area (Å²) in [5.41, 5.74) is 1.10. The molecule has 0 saturated carbocycles. The Hall–Kier alpha value is -0.530. The number of hydrogen-bond acceptors (Lipinski definition) is 6. The minimum atomic E-state index is 0.627. The molecule has 21 heavy (non-hydrogen) atoms. The fourth-order valence-corrected chi connectivity index (χ4v) is 2.25. The third kappa shape index (κ3) is 10.8. The van der Waals surface area contributed by atoms with Gasteiger partial charge >= 0.3 is 0 Å². The molecule has 1 aromatic heterocycles. The van der Waals surface area contributed by atoms with Crippen LogP contribution in [0.25, 0.3) is 0 Å². The second-order valence-electron chi connectivity index (χ2n) is 4.73. The van der Waals surface area contributed by atoms with Crippen LogP contribution in [-0.4, -0.2) is 51.2 Å². The largest absolute Gasteiger partial charge is 0.379 e. The standard InChI is InChI=1S/C15H28N2O3S/c1-3-4-6-18-8-10-20-11-9-19-7-5-16-12-15-13-21-14(2)17-15/h13,16H,3-12H2,1-2H3. The highest BCUT2D eigenvalue weighted by molar-refractivity contribution is 7.09. The topological polar surface area (TPSA) is 52.6 Å². The van der Waals surface area contributed by atoms with Gasteiger partial charge in [-0.2, -0.15) is 0 Å². The van der Waals surface area contributed by atoms with Gasteiger partial charge in [-0.3, -0.25) is 0 Å². The molecule has 0 unspecified atom stereocenters. The van der Waals surface area contributed by atoms with Gasteiger partial charge in [0.15, 0.2) is 0 Å². The van der Waals surface area contributed by atoms with Crippen LogP contribution in [0.3, 0.4) is 0 Å². The predicted molar refractivity (Wildman–Crippen MR) is 85.9 cm³/mol. The SMILES string of the molecule is CCCCOCCOCCOCCNCc1csc(C)n1. The average Bonchev–Trinajstić information content (AvgIpc) is 2.89. The maximum Gasteiger partial charge on any atom is 0.0897 e. The number of aromatic nitrogens is 1. The molecule has 0 aliphatic rings. The summed E-state index contributed by atoms with van der Waals surface area (Å²) >= 11 is 1.68. The Bertz CT molecular complexity index is 347. The third-order valence-corrected chi connectivity index (χ3v) is 3.60. The quantitative estimate of drug-likeness (QED) is 0.534. The molecule has 1 N–H and O–H groups in total. The van der Waals surface area contributed by atoms with Crippen molar-refractivity contribution in [2.24, 2.45) is 0 Å². The number of thiazole rings is 1. The maximum absolute atomic E-state index is 5.48. The monoisotopic (exact) mass is 316 g/mol. The molecule has 0 aliphatic carbocycles. The smallest absolute Gasteiger partial charge is 0.0897 e. The first-order valence-electron chi connectivity index (χ1n) is 7.68. The predicted octanol–water partition coefficient (Wildman–Crippen LogP) is 2.39. The van der Waals surface area contributed by atoms with E-state index in [1.54, 1.807) is 11.3 Å². The van der Waals surface area contributed by atoms with E-state index in [0.717, 1.165) is 36.8 Å². The van der Waals surface area contributed by atoms with E-state index >= 15 is 0 Å². The van der Waals surface area contributed by atoms with E-state index < -0.39 is 0 Å². The van der Waals surface area contributed by atoms with E-state index in [2.05, 4.69) is 22.6 Å². The van der Waals surface area contributed by atoms with E-state index in [9.17, 15) is 0 Å². The second kappa shape index (κ2) is 13.2. The molecule has 0 aromatic carbocycles. The van der Waals surface area contributed by atoms with Crippen molar-refractivity contribution in [3.63, 3.8) is 0 Å². The van der Waals surface area contributed by atoms with Crippen LogP contribution in [0.5, 0.6) is 0 Å². The van der Waals surface area contributed by atoms with Crippen LogP contribution in [0.15, 0.2) is 5.38 Å². The Balaban J connectivity index is 1.74. The summed E-state index contributed by atoms with van der Waals surface area (Å²) < 4.78 is 16.3. The Morgan fingerprint density at radius 3 is 2.33 bits per heavy atom. The molecule has 0 atom stereocenters. The number of unbranched alkanes of at least 4 members (excludes halogenated alkanes) is 1. The lowest BCUT2D eigenvalue weighted by atomic mass is 10.4. The highest BCUT2D eigenvalue weighted by Gasteiger charge is 1.97. The number of nitrogens with zero attached hydrogens (tertiary/aromatic N) is 1. The molecule has 0 radical (unpaired) electrons.